The molecule has 0 aliphatic carbocycles. The molecule has 0 radical (unpaired) electrons. The fourth-order valence-electron chi connectivity index (χ4n) is 2.86. The summed E-state index contributed by atoms with van der Waals surface area (Å²) in [4.78, 5) is 36.0. The fourth-order valence-corrected chi connectivity index (χ4v) is 5.84. The topological polar surface area (TPSA) is 125 Å². The summed E-state index contributed by atoms with van der Waals surface area (Å²) in [5, 5.41) is 10.4. The van der Waals surface area contributed by atoms with E-state index < -0.39 is 39.0 Å². The van der Waals surface area contributed by atoms with Crippen LogP contribution in [-0.4, -0.2) is 55.3 Å². The number of rotatable bonds is 8. The lowest BCUT2D eigenvalue weighted by Crippen LogP contribution is -2.38. The van der Waals surface area contributed by atoms with Crippen molar-refractivity contribution in [2.45, 2.75) is 36.5 Å². The van der Waals surface area contributed by atoms with Gasteiger partial charge in [0, 0.05) is 11.6 Å². The Morgan fingerprint density at radius 3 is 2.59 bits per heavy atom. The van der Waals surface area contributed by atoms with Crippen molar-refractivity contribution in [3.8, 4) is 0 Å². The zero-order valence-electron chi connectivity index (χ0n) is 17.2. The van der Waals surface area contributed by atoms with E-state index in [1.807, 2.05) is 30.3 Å². The maximum Gasteiger partial charge on any atom is 0.344 e. The Balaban J connectivity index is 1.83. The van der Waals surface area contributed by atoms with Crippen LogP contribution in [0.15, 0.2) is 45.7 Å². The van der Waals surface area contributed by atoms with Gasteiger partial charge in [0.05, 0.1) is 21.2 Å². The maximum absolute atomic E-state index is 12.9. The number of carbonyl (C=O) groups excluding carboxylic acids is 3. The summed E-state index contributed by atoms with van der Waals surface area (Å²) >= 11 is 7.18. The Hall–Kier alpha value is -2.76. The Labute approximate surface area is 194 Å². The number of urea groups is 1. The predicted octanol–water partition coefficient (Wildman–Crippen LogP) is 2.46. The van der Waals surface area contributed by atoms with Gasteiger partial charge < -0.3 is 5.32 Å². The van der Waals surface area contributed by atoms with Crippen LogP contribution in [0.4, 0.5) is 4.79 Å². The van der Waals surface area contributed by atoms with Gasteiger partial charge in [0.2, 0.25) is 5.91 Å². The van der Waals surface area contributed by atoms with Crippen molar-refractivity contribution in [1.29, 1.82) is 0 Å². The molecule has 1 aromatic heterocycles. The smallest absolute Gasteiger partial charge is 0.343 e. The number of halogens is 1. The lowest BCUT2D eigenvalue weighted by atomic mass is 10.1. The van der Waals surface area contributed by atoms with Crippen LogP contribution in [0.3, 0.4) is 0 Å². The quantitative estimate of drug-likeness (QED) is 0.429. The molecule has 1 aliphatic rings. The number of thiophene rings is 1. The molecule has 1 fully saturated rings. The fraction of sp³-hybridized carbons (Fsp3) is 0.300. The summed E-state index contributed by atoms with van der Waals surface area (Å²) in [6.45, 7) is 2.86. The monoisotopic (exact) mass is 496 g/mol. The molecule has 1 aromatic carbocycles. The first kappa shape index (κ1) is 23.9. The van der Waals surface area contributed by atoms with Crippen molar-refractivity contribution in [1.82, 2.24) is 15.6 Å². The van der Waals surface area contributed by atoms with E-state index in [0.717, 1.165) is 21.9 Å². The highest BCUT2D eigenvalue weighted by atomic mass is 35.5. The number of amides is 4. The first-order chi connectivity index (χ1) is 15.1. The molecule has 2 N–H and O–H groups in total. The zero-order valence-corrected chi connectivity index (χ0v) is 19.6. The SMILES string of the molecule is CC(C)S(=O)(=O)c1csc(C(=O)NC(C=NN2CC(=O)NC2=O)Cc2ccccc2)c1Cl. The molecule has 170 valence electrons. The minimum absolute atomic E-state index is 0.0615. The molecule has 2 heterocycles. The Kier molecular flexibility index (Phi) is 7.32. The number of hydrazone groups is 1. The second kappa shape index (κ2) is 9.80. The normalized spacial score (nSPS) is 15.4. The van der Waals surface area contributed by atoms with Crippen LogP contribution < -0.4 is 10.6 Å². The molecule has 3 rings (SSSR count). The number of benzene rings is 1. The summed E-state index contributed by atoms with van der Waals surface area (Å²) in [5.74, 6) is -1.04. The number of imide groups is 1. The van der Waals surface area contributed by atoms with Crippen molar-refractivity contribution < 1.29 is 22.8 Å². The third-order valence-corrected chi connectivity index (χ3v) is 8.53. The molecule has 9 nitrogen and oxygen atoms in total. The Morgan fingerprint density at radius 1 is 1.31 bits per heavy atom. The third-order valence-electron chi connectivity index (χ3n) is 4.61. The first-order valence-corrected chi connectivity index (χ1v) is 12.4. The highest BCUT2D eigenvalue weighted by molar-refractivity contribution is 7.92. The molecule has 32 heavy (non-hydrogen) atoms. The number of nitrogens with zero attached hydrogens (tertiary/aromatic N) is 2. The van der Waals surface area contributed by atoms with Gasteiger partial charge in [-0.3, -0.25) is 14.9 Å². The van der Waals surface area contributed by atoms with Crippen molar-refractivity contribution in [2.75, 3.05) is 6.54 Å². The van der Waals surface area contributed by atoms with Crippen LogP contribution in [0, 0.1) is 0 Å². The lowest BCUT2D eigenvalue weighted by Gasteiger charge is -2.16. The summed E-state index contributed by atoms with van der Waals surface area (Å²) < 4.78 is 24.9. The van der Waals surface area contributed by atoms with Gasteiger partial charge >= 0.3 is 6.03 Å². The average molecular weight is 497 g/mol. The van der Waals surface area contributed by atoms with Crippen LogP contribution in [0.1, 0.15) is 29.1 Å². The van der Waals surface area contributed by atoms with E-state index >= 15 is 0 Å². The van der Waals surface area contributed by atoms with Crippen LogP contribution >= 0.6 is 22.9 Å². The van der Waals surface area contributed by atoms with Crippen LogP contribution in [0.2, 0.25) is 5.02 Å². The van der Waals surface area contributed by atoms with E-state index in [-0.39, 0.29) is 21.3 Å². The van der Waals surface area contributed by atoms with E-state index in [2.05, 4.69) is 15.7 Å². The van der Waals surface area contributed by atoms with E-state index in [1.54, 1.807) is 0 Å². The van der Waals surface area contributed by atoms with Gasteiger partial charge in [-0.25, -0.2) is 18.2 Å². The number of hydrogen-bond acceptors (Lipinski definition) is 7. The van der Waals surface area contributed by atoms with Gasteiger partial charge in [0.15, 0.2) is 9.84 Å². The van der Waals surface area contributed by atoms with Crippen molar-refractivity contribution in [2.24, 2.45) is 5.10 Å². The second-order valence-corrected chi connectivity index (χ2v) is 11.0. The Bertz CT molecular complexity index is 1160. The number of sulfone groups is 1. The summed E-state index contributed by atoms with van der Waals surface area (Å²) in [7, 11) is -3.64. The molecular weight excluding hydrogens is 476 g/mol. The molecule has 4 amide bonds. The van der Waals surface area contributed by atoms with E-state index in [4.69, 9.17) is 11.6 Å². The maximum atomic E-state index is 12.9. The predicted molar refractivity (Wildman–Crippen MR) is 122 cm³/mol. The molecule has 1 atom stereocenters. The highest BCUT2D eigenvalue weighted by Crippen LogP contribution is 2.33. The minimum Gasteiger partial charge on any atom is -0.343 e. The van der Waals surface area contributed by atoms with Crippen LogP contribution in [0.5, 0.6) is 0 Å². The molecule has 1 saturated heterocycles. The van der Waals surface area contributed by atoms with E-state index in [9.17, 15) is 22.8 Å². The van der Waals surface area contributed by atoms with Gasteiger partial charge in [0.1, 0.15) is 11.4 Å². The van der Waals surface area contributed by atoms with Crippen molar-refractivity contribution >= 4 is 56.8 Å². The van der Waals surface area contributed by atoms with Crippen LogP contribution in [-0.2, 0) is 21.1 Å². The summed E-state index contributed by atoms with van der Waals surface area (Å²) in [6.07, 6.45) is 1.70. The van der Waals surface area contributed by atoms with Gasteiger partial charge in [-0.15, -0.1) is 11.3 Å². The lowest BCUT2D eigenvalue weighted by molar-refractivity contribution is -0.118. The molecule has 2 aromatic rings. The zero-order chi connectivity index (χ0) is 23.5. The second-order valence-electron chi connectivity index (χ2n) is 7.28. The molecule has 0 spiro atoms. The molecule has 1 aliphatic heterocycles. The van der Waals surface area contributed by atoms with Gasteiger partial charge in [-0.1, -0.05) is 41.9 Å². The third kappa shape index (κ3) is 5.34. The standard InChI is InChI=1S/C20H21ClN4O5S2/c1-12(2)32(29,30)15-11-31-18(17(15)21)19(27)23-14(8-13-6-4-3-5-7-13)9-22-25-10-16(26)24-20(25)28/h3-7,9,11-12,14H,8,10H2,1-2H3,(H,23,27)(H,24,26,28). The minimum atomic E-state index is -3.64. The van der Waals surface area contributed by atoms with Crippen molar-refractivity contribution in [3.05, 3.63) is 51.2 Å². The van der Waals surface area contributed by atoms with Gasteiger partial charge in [0.25, 0.3) is 5.91 Å². The largest absolute Gasteiger partial charge is 0.344 e. The van der Waals surface area contributed by atoms with Gasteiger partial charge in [-0.05, 0) is 25.8 Å². The molecular formula is C20H21ClN4O5S2. The Morgan fingerprint density at radius 2 is 2.00 bits per heavy atom. The molecule has 12 heteroatoms. The molecule has 0 saturated carbocycles. The van der Waals surface area contributed by atoms with Crippen molar-refractivity contribution in [3.63, 3.8) is 0 Å². The number of hydrogen-bond donors (Lipinski definition) is 2. The summed E-state index contributed by atoms with van der Waals surface area (Å²) in [5.41, 5.74) is 0.895. The van der Waals surface area contributed by atoms with Gasteiger partial charge in [-0.2, -0.15) is 5.10 Å². The average Bonchev–Trinajstić information content (AvgIpc) is 3.28. The number of carbonyl (C=O) groups is 3. The van der Waals surface area contributed by atoms with Crippen LogP contribution in [0.25, 0.3) is 0 Å². The summed E-state index contributed by atoms with van der Waals surface area (Å²) in [6, 6.07) is 7.97. The molecule has 0 bridgehead atoms. The van der Waals surface area contributed by atoms with E-state index in [0.29, 0.717) is 6.42 Å². The highest BCUT2D eigenvalue weighted by Gasteiger charge is 2.29. The molecule has 1 unspecified atom stereocenters. The van der Waals surface area contributed by atoms with E-state index in [1.165, 1.54) is 25.4 Å². The number of nitrogens with one attached hydrogen (secondary N) is 2. The first-order valence-electron chi connectivity index (χ1n) is 9.60.